The molecule has 0 spiro atoms. The summed E-state index contributed by atoms with van der Waals surface area (Å²) in [5, 5.41) is 10.3. The molecule has 1 saturated carbocycles. The highest BCUT2D eigenvalue weighted by Gasteiger charge is 2.76. The molecule has 2 saturated heterocycles. The monoisotopic (exact) mass is 600 g/mol. The highest BCUT2D eigenvalue weighted by atomic mass is 35.5. The van der Waals surface area contributed by atoms with Gasteiger partial charge in [0.25, 0.3) is 11.8 Å². The van der Waals surface area contributed by atoms with Crippen molar-refractivity contribution in [3.63, 3.8) is 0 Å². The number of imide groups is 2. The normalized spacial score (nSPS) is 32.6. The maximum absolute atomic E-state index is 14.3. The minimum absolute atomic E-state index is 0.106. The van der Waals surface area contributed by atoms with Crippen molar-refractivity contribution in [3.8, 4) is 11.5 Å². The van der Waals surface area contributed by atoms with Gasteiger partial charge in [0.1, 0.15) is 5.82 Å². The van der Waals surface area contributed by atoms with Crippen LogP contribution < -0.4 is 9.64 Å². The van der Waals surface area contributed by atoms with Crippen LogP contribution in [0.1, 0.15) is 37.7 Å². The lowest BCUT2D eigenvalue weighted by Crippen LogP contribution is -2.60. The SMILES string of the molecule is CCCN1C(=O)C2CC=C3C(CC4(Cl)C(=O)N(c5ccc(F)cc5)C(=O)C4(Cl)C3c3ccc(O)c(OC)c3)C2C1=O. The van der Waals surface area contributed by atoms with E-state index in [-0.39, 0.29) is 48.4 Å². The van der Waals surface area contributed by atoms with E-state index in [4.69, 9.17) is 27.9 Å². The van der Waals surface area contributed by atoms with Crippen LogP contribution in [0.2, 0.25) is 0 Å². The molecule has 6 atom stereocenters. The van der Waals surface area contributed by atoms with E-state index in [1.807, 2.05) is 13.0 Å². The number of alkyl halides is 2. The Morgan fingerprint density at radius 2 is 1.73 bits per heavy atom. The summed E-state index contributed by atoms with van der Waals surface area (Å²) in [6, 6.07) is 9.34. The summed E-state index contributed by atoms with van der Waals surface area (Å²) in [5.74, 6) is -5.78. The van der Waals surface area contributed by atoms with Crippen LogP contribution in [0.4, 0.5) is 10.1 Å². The number of phenolic OH excluding ortho intramolecular Hbond substituents is 1. The predicted octanol–water partition coefficient (Wildman–Crippen LogP) is 4.51. The van der Waals surface area contributed by atoms with Gasteiger partial charge in [-0.05, 0) is 67.1 Å². The second kappa shape index (κ2) is 9.56. The number of hydrogen-bond donors (Lipinski definition) is 1. The quantitative estimate of drug-likeness (QED) is 0.307. The van der Waals surface area contributed by atoms with Gasteiger partial charge in [0, 0.05) is 12.5 Å². The van der Waals surface area contributed by atoms with Gasteiger partial charge in [-0.15, -0.1) is 23.2 Å². The number of rotatable bonds is 5. The zero-order valence-electron chi connectivity index (χ0n) is 22.3. The Morgan fingerprint density at radius 3 is 2.39 bits per heavy atom. The predicted molar refractivity (Wildman–Crippen MR) is 148 cm³/mol. The molecule has 41 heavy (non-hydrogen) atoms. The van der Waals surface area contributed by atoms with Crippen molar-refractivity contribution in [2.75, 3.05) is 18.6 Å². The van der Waals surface area contributed by atoms with Crippen LogP contribution in [-0.4, -0.2) is 57.0 Å². The van der Waals surface area contributed by atoms with E-state index in [0.29, 0.717) is 17.6 Å². The zero-order chi connectivity index (χ0) is 29.4. The molecule has 2 heterocycles. The zero-order valence-corrected chi connectivity index (χ0v) is 23.8. The number of benzene rings is 2. The summed E-state index contributed by atoms with van der Waals surface area (Å²) in [6.45, 7) is 2.16. The van der Waals surface area contributed by atoms with E-state index in [0.717, 1.165) is 17.0 Å². The van der Waals surface area contributed by atoms with Gasteiger partial charge in [-0.3, -0.25) is 24.1 Å². The third-order valence-electron chi connectivity index (χ3n) is 8.97. The van der Waals surface area contributed by atoms with Gasteiger partial charge >= 0.3 is 0 Å². The molecule has 11 heteroatoms. The summed E-state index contributed by atoms with van der Waals surface area (Å²) in [4.78, 5) is 53.4. The molecule has 0 bridgehead atoms. The molecule has 4 amide bonds. The van der Waals surface area contributed by atoms with E-state index in [1.165, 1.54) is 36.3 Å². The van der Waals surface area contributed by atoms with E-state index in [9.17, 15) is 28.7 Å². The summed E-state index contributed by atoms with van der Waals surface area (Å²) in [7, 11) is 1.38. The molecule has 6 rings (SSSR count). The third-order valence-corrected chi connectivity index (χ3v) is 10.4. The second-order valence-corrected chi connectivity index (χ2v) is 12.3. The number of fused-ring (bicyclic) bond motifs is 4. The third kappa shape index (κ3) is 3.64. The van der Waals surface area contributed by atoms with Gasteiger partial charge in [-0.2, -0.15) is 0 Å². The Hall–Kier alpha value is -3.43. The Balaban J connectivity index is 1.56. The molecule has 8 nitrogen and oxygen atoms in total. The number of amides is 4. The molecule has 2 aromatic rings. The minimum Gasteiger partial charge on any atom is -0.504 e. The van der Waals surface area contributed by atoms with Crippen LogP contribution in [-0.2, 0) is 19.2 Å². The lowest BCUT2D eigenvalue weighted by Gasteiger charge is -2.50. The first-order valence-electron chi connectivity index (χ1n) is 13.4. The number of aromatic hydroxyl groups is 1. The topological polar surface area (TPSA) is 104 Å². The van der Waals surface area contributed by atoms with E-state index >= 15 is 0 Å². The van der Waals surface area contributed by atoms with Crippen molar-refractivity contribution in [2.45, 2.75) is 41.9 Å². The smallest absolute Gasteiger partial charge is 0.258 e. The number of halogens is 3. The minimum atomic E-state index is -2.05. The summed E-state index contributed by atoms with van der Waals surface area (Å²) >= 11 is 14.6. The lowest BCUT2D eigenvalue weighted by molar-refractivity contribution is -0.140. The number of anilines is 1. The summed E-state index contributed by atoms with van der Waals surface area (Å²) < 4.78 is 19.1. The number of likely N-dealkylation sites (tertiary alicyclic amines) is 1. The standard InChI is InChI=1S/C30H27Cl2FN2O6/c1-3-12-34-25(37)19-10-9-18-20(23(19)26(34)38)14-29(31)27(39)35(17-7-5-16(33)6-8-17)28(40)30(29,32)24(18)15-4-11-21(36)22(13-15)41-2/h4-9,11,13,19-20,23-24,36H,3,10,12,14H2,1-2H3. The fraction of sp³-hybridized carbons (Fsp3) is 0.400. The first-order valence-corrected chi connectivity index (χ1v) is 14.2. The van der Waals surface area contributed by atoms with Crippen LogP contribution in [0.5, 0.6) is 11.5 Å². The van der Waals surface area contributed by atoms with Crippen molar-refractivity contribution in [3.05, 3.63) is 65.5 Å². The fourth-order valence-corrected chi connectivity index (χ4v) is 8.09. The first-order chi connectivity index (χ1) is 19.5. The molecule has 1 N–H and O–H groups in total. The molecule has 2 aromatic carbocycles. The molecule has 214 valence electrons. The molecule has 2 aliphatic carbocycles. The molecular formula is C30H27Cl2FN2O6. The Morgan fingerprint density at radius 1 is 1.02 bits per heavy atom. The van der Waals surface area contributed by atoms with Crippen molar-refractivity contribution < 1.29 is 33.4 Å². The Labute approximate surface area is 245 Å². The summed E-state index contributed by atoms with van der Waals surface area (Å²) in [6.07, 6.45) is 2.55. The molecule has 0 aromatic heterocycles. The van der Waals surface area contributed by atoms with E-state index in [1.54, 1.807) is 6.07 Å². The van der Waals surface area contributed by atoms with Crippen LogP contribution in [0.3, 0.4) is 0 Å². The largest absolute Gasteiger partial charge is 0.504 e. The van der Waals surface area contributed by atoms with Gasteiger partial charge < -0.3 is 9.84 Å². The maximum Gasteiger partial charge on any atom is 0.258 e. The molecular weight excluding hydrogens is 574 g/mol. The number of hydrogen-bond acceptors (Lipinski definition) is 6. The van der Waals surface area contributed by atoms with Crippen molar-refractivity contribution in [2.24, 2.45) is 17.8 Å². The molecule has 2 aliphatic heterocycles. The van der Waals surface area contributed by atoms with Gasteiger partial charge in [-0.1, -0.05) is 24.6 Å². The van der Waals surface area contributed by atoms with E-state index in [2.05, 4.69) is 0 Å². The number of methoxy groups -OCH3 is 1. The average Bonchev–Trinajstić information content (AvgIpc) is 3.28. The number of nitrogens with zero attached hydrogens (tertiary/aromatic N) is 2. The number of allylic oxidation sites excluding steroid dienone is 2. The number of phenols is 1. The van der Waals surface area contributed by atoms with Crippen molar-refractivity contribution in [1.82, 2.24) is 4.90 Å². The summed E-state index contributed by atoms with van der Waals surface area (Å²) in [5.41, 5.74) is 1.18. The lowest BCUT2D eigenvalue weighted by atomic mass is 9.56. The van der Waals surface area contributed by atoms with Crippen molar-refractivity contribution >= 4 is 52.5 Å². The second-order valence-electron chi connectivity index (χ2n) is 11.0. The Kier molecular flexibility index (Phi) is 6.46. The van der Waals surface area contributed by atoms with Crippen LogP contribution in [0.15, 0.2) is 54.1 Å². The highest BCUT2D eigenvalue weighted by molar-refractivity contribution is 6.58. The van der Waals surface area contributed by atoms with Gasteiger partial charge in [-0.25, -0.2) is 9.29 Å². The van der Waals surface area contributed by atoms with Crippen LogP contribution >= 0.6 is 23.2 Å². The maximum atomic E-state index is 14.3. The molecule has 3 fully saturated rings. The number of carbonyl (C=O) groups is 4. The van der Waals surface area contributed by atoms with Crippen LogP contribution in [0, 0.1) is 23.6 Å². The number of carbonyl (C=O) groups excluding carboxylic acids is 4. The van der Waals surface area contributed by atoms with Gasteiger partial charge in [0.2, 0.25) is 11.8 Å². The van der Waals surface area contributed by atoms with E-state index < -0.39 is 51.1 Å². The first kappa shape index (κ1) is 27.7. The van der Waals surface area contributed by atoms with Crippen LogP contribution in [0.25, 0.3) is 0 Å². The fourth-order valence-electron chi connectivity index (χ4n) is 7.16. The van der Waals surface area contributed by atoms with Gasteiger partial charge in [0.15, 0.2) is 21.2 Å². The van der Waals surface area contributed by atoms with Gasteiger partial charge in [0.05, 0.1) is 24.6 Å². The van der Waals surface area contributed by atoms with Crippen molar-refractivity contribution in [1.29, 1.82) is 0 Å². The molecule has 4 aliphatic rings. The Bertz CT molecular complexity index is 1530. The molecule has 6 unspecified atom stereocenters. The highest BCUT2D eigenvalue weighted by Crippen LogP contribution is 2.66. The average molecular weight is 601 g/mol. The number of ether oxygens (including phenoxy) is 1. The molecule has 0 radical (unpaired) electrons.